The fourth-order valence-electron chi connectivity index (χ4n) is 5.83. The molecule has 13 nitrogen and oxygen atoms in total. The summed E-state index contributed by atoms with van der Waals surface area (Å²) in [5.41, 5.74) is 7.72. The van der Waals surface area contributed by atoms with E-state index >= 15 is 4.39 Å². The summed E-state index contributed by atoms with van der Waals surface area (Å²) in [6.07, 6.45) is -0.403. The molecule has 5 amide bonds. The van der Waals surface area contributed by atoms with E-state index in [-0.39, 0.29) is 23.7 Å². The molecule has 3 atom stereocenters. The van der Waals surface area contributed by atoms with E-state index in [0.29, 0.717) is 48.6 Å². The first-order valence-electron chi connectivity index (χ1n) is 15.4. The number of nitrogens with one attached hydrogen (secondary N) is 3. The van der Waals surface area contributed by atoms with Gasteiger partial charge in [0.1, 0.15) is 23.9 Å². The number of amides is 5. The molecule has 3 aromatic carbocycles. The molecule has 0 radical (unpaired) electrons. The minimum absolute atomic E-state index is 0.0415. The molecule has 2 heterocycles. The number of hydrogen-bond acceptors (Lipinski definition) is 7. The second kappa shape index (κ2) is 14.5. The molecule has 0 spiro atoms. The van der Waals surface area contributed by atoms with Gasteiger partial charge < -0.3 is 36.4 Å². The predicted molar refractivity (Wildman–Crippen MR) is 174 cm³/mol. The summed E-state index contributed by atoms with van der Waals surface area (Å²) < 4.78 is 20.5. The lowest BCUT2D eigenvalue weighted by molar-refractivity contribution is -0.144. The number of rotatable bonds is 9. The maximum absolute atomic E-state index is 15.1. The van der Waals surface area contributed by atoms with Crippen LogP contribution in [0.2, 0.25) is 0 Å². The van der Waals surface area contributed by atoms with Gasteiger partial charge >= 0.3 is 6.09 Å². The first-order valence-corrected chi connectivity index (χ1v) is 15.4. The maximum atomic E-state index is 15.1. The lowest BCUT2D eigenvalue weighted by Gasteiger charge is -2.35. The summed E-state index contributed by atoms with van der Waals surface area (Å²) in [4.78, 5) is 68.2. The van der Waals surface area contributed by atoms with Crippen molar-refractivity contribution in [2.24, 2.45) is 5.92 Å². The number of carbonyl (C=O) groups excluding carboxylic acids is 4. The van der Waals surface area contributed by atoms with E-state index in [4.69, 9.17) is 10.5 Å². The molecule has 48 heavy (non-hydrogen) atoms. The number of fused-ring (bicyclic) bond motifs is 1. The number of ether oxygens (including phenoxy) is 1. The van der Waals surface area contributed by atoms with E-state index in [1.807, 2.05) is 0 Å². The van der Waals surface area contributed by atoms with Gasteiger partial charge in [-0.1, -0.05) is 24.3 Å². The number of nitrogens with two attached hydrogens (primary N) is 1. The number of anilines is 3. The number of benzene rings is 3. The van der Waals surface area contributed by atoms with Gasteiger partial charge in [-0.2, -0.15) is 0 Å². The third-order valence-electron chi connectivity index (χ3n) is 8.75. The quantitative estimate of drug-likeness (QED) is 0.216. The number of halogens is 1. The Labute approximate surface area is 276 Å². The van der Waals surface area contributed by atoms with Gasteiger partial charge in [0.2, 0.25) is 11.8 Å². The molecule has 6 N–H and O–H groups in total. The van der Waals surface area contributed by atoms with Crippen molar-refractivity contribution in [1.82, 2.24) is 15.1 Å². The van der Waals surface area contributed by atoms with Crippen LogP contribution in [0.3, 0.4) is 0 Å². The number of likely N-dealkylation sites (N-methyl/N-ethyl adjacent to an activating group) is 1. The Kier molecular flexibility index (Phi) is 10.2. The Morgan fingerprint density at radius 2 is 1.69 bits per heavy atom. The van der Waals surface area contributed by atoms with Crippen molar-refractivity contribution in [1.29, 1.82) is 0 Å². The van der Waals surface area contributed by atoms with Gasteiger partial charge in [-0.15, -0.1) is 0 Å². The normalized spacial score (nSPS) is 17.1. The number of carbonyl (C=O) groups is 5. The number of nitrogens with zero attached hydrogens (tertiary/aromatic N) is 2. The van der Waals surface area contributed by atoms with Crippen LogP contribution in [0.5, 0.6) is 0 Å². The first kappa shape index (κ1) is 33.9. The van der Waals surface area contributed by atoms with Crippen molar-refractivity contribution in [2.45, 2.75) is 44.4 Å². The highest BCUT2D eigenvalue weighted by atomic mass is 19.1. The van der Waals surface area contributed by atoms with E-state index in [2.05, 4.69) is 16.0 Å². The first-order chi connectivity index (χ1) is 22.9. The molecule has 0 saturated carbocycles. The molecule has 0 aliphatic carbocycles. The highest BCUT2D eigenvalue weighted by Crippen LogP contribution is 2.36. The Hall–Kier alpha value is -5.50. The van der Waals surface area contributed by atoms with Crippen molar-refractivity contribution in [3.05, 3.63) is 89.2 Å². The second-order valence-corrected chi connectivity index (χ2v) is 11.8. The van der Waals surface area contributed by atoms with Gasteiger partial charge in [-0.3, -0.25) is 24.1 Å². The van der Waals surface area contributed by atoms with Crippen molar-refractivity contribution >= 4 is 46.8 Å². The van der Waals surface area contributed by atoms with Crippen LogP contribution in [0.4, 0.5) is 26.2 Å². The van der Waals surface area contributed by atoms with E-state index in [1.165, 1.54) is 31.0 Å². The van der Waals surface area contributed by atoms with E-state index in [0.717, 1.165) is 11.0 Å². The summed E-state index contributed by atoms with van der Waals surface area (Å²) >= 11 is 0. The van der Waals surface area contributed by atoms with Crippen molar-refractivity contribution < 1.29 is 38.2 Å². The minimum Gasteiger partial charge on any atom is -0.465 e. The van der Waals surface area contributed by atoms with Gasteiger partial charge in [0.25, 0.3) is 11.8 Å². The molecule has 2 aliphatic rings. The third-order valence-corrected chi connectivity index (χ3v) is 8.75. The highest BCUT2D eigenvalue weighted by molar-refractivity contribution is 6.06. The fraction of sp³-hybridized carbons (Fsp3) is 0.324. The maximum Gasteiger partial charge on any atom is 0.407 e. The van der Waals surface area contributed by atoms with Gasteiger partial charge in [0.15, 0.2) is 0 Å². The molecular weight excluding hydrogens is 623 g/mol. The lowest BCUT2D eigenvalue weighted by atomic mass is 9.90. The summed E-state index contributed by atoms with van der Waals surface area (Å²) in [5.74, 6) is -3.62. The highest BCUT2D eigenvalue weighted by Gasteiger charge is 2.44. The lowest BCUT2D eigenvalue weighted by Crippen LogP contribution is -2.57. The van der Waals surface area contributed by atoms with Crippen LogP contribution >= 0.6 is 0 Å². The van der Waals surface area contributed by atoms with Crippen LogP contribution in [-0.2, 0) is 25.7 Å². The second-order valence-electron chi connectivity index (χ2n) is 11.8. The molecule has 5 rings (SSSR count). The fourth-order valence-corrected chi connectivity index (χ4v) is 5.83. The van der Waals surface area contributed by atoms with Crippen LogP contribution in [-0.4, -0.2) is 77.0 Å². The summed E-state index contributed by atoms with van der Waals surface area (Å²) in [7, 11) is 1.25. The zero-order valence-electron chi connectivity index (χ0n) is 26.4. The van der Waals surface area contributed by atoms with E-state index < -0.39 is 53.7 Å². The molecule has 1 fully saturated rings. The molecule has 252 valence electrons. The Bertz CT molecular complexity index is 1710. The smallest absolute Gasteiger partial charge is 0.407 e. The summed E-state index contributed by atoms with van der Waals surface area (Å²) in [6.45, 7) is 2.18. The monoisotopic (exact) mass is 660 g/mol. The number of carboxylic acid groups (broad SMARTS) is 1. The standard InChI is InChI=1S/C34H37FN6O7/c1-19(40(2)34(46)47)30(42)39-28(20-13-15-48-16-14-20)33(45)41-18-22-5-3-4-6-25(22)29(41)32(44)38-27-17-21(7-12-26(27)35)31(43)37-24-10-8-23(36)9-11-24/h3-12,17,19-20,28-29H,13-16,18,36H2,1-2H3,(H,37,43)(H,38,44)(H,39,42)(H,46,47)/t19-,28-,29-/m0/s1. The van der Waals surface area contributed by atoms with Crippen LogP contribution in [0.15, 0.2) is 66.7 Å². The zero-order chi connectivity index (χ0) is 34.5. The summed E-state index contributed by atoms with van der Waals surface area (Å²) in [5, 5.41) is 17.4. The van der Waals surface area contributed by atoms with Crippen LogP contribution in [0.1, 0.15) is 47.3 Å². The molecule has 0 bridgehead atoms. The SMILES string of the molecule is C[C@@H](C(=O)N[C@H](C(=O)N1Cc2ccccc2[C@H]1C(=O)Nc1cc(C(=O)Nc2ccc(N)cc2)ccc1F)C1CCOCC1)N(C)C(=O)O. The van der Waals surface area contributed by atoms with Crippen LogP contribution < -0.4 is 21.7 Å². The van der Waals surface area contributed by atoms with Crippen molar-refractivity contribution in [2.75, 3.05) is 36.6 Å². The van der Waals surface area contributed by atoms with E-state index in [1.54, 1.807) is 48.5 Å². The molecule has 3 aromatic rings. The molecule has 0 unspecified atom stereocenters. The predicted octanol–water partition coefficient (Wildman–Crippen LogP) is 3.59. The van der Waals surface area contributed by atoms with Crippen LogP contribution in [0, 0.1) is 11.7 Å². The topological polar surface area (TPSA) is 183 Å². The zero-order valence-corrected chi connectivity index (χ0v) is 26.4. The average molecular weight is 661 g/mol. The Morgan fingerprint density at radius 1 is 1.00 bits per heavy atom. The van der Waals surface area contributed by atoms with Gasteiger partial charge in [-0.05, 0) is 79.3 Å². The number of hydrogen-bond donors (Lipinski definition) is 5. The molecular formula is C34H37FN6O7. The molecule has 2 aliphatic heterocycles. The van der Waals surface area contributed by atoms with Crippen molar-refractivity contribution in [3.8, 4) is 0 Å². The number of nitrogen functional groups attached to an aromatic ring is 1. The van der Waals surface area contributed by atoms with Gasteiger partial charge in [0.05, 0.1) is 5.69 Å². The van der Waals surface area contributed by atoms with E-state index in [9.17, 15) is 29.1 Å². The molecule has 1 saturated heterocycles. The summed E-state index contributed by atoms with van der Waals surface area (Å²) in [6, 6.07) is 13.6. The third kappa shape index (κ3) is 7.39. The Morgan fingerprint density at radius 3 is 2.38 bits per heavy atom. The van der Waals surface area contributed by atoms with Gasteiger partial charge in [-0.25, -0.2) is 9.18 Å². The largest absolute Gasteiger partial charge is 0.465 e. The minimum atomic E-state index is -1.31. The molecule has 0 aromatic heterocycles. The Balaban J connectivity index is 1.41. The molecule has 14 heteroatoms. The van der Waals surface area contributed by atoms with Crippen LogP contribution in [0.25, 0.3) is 0 Å². The van der Waals surface area contributed by atoms with Gasteiger partial charge in [0, 0.05) is 43.7 Å². The average Bonchev–Trinajstić information content (AvgIpc) is 3.48. The van der Waals surface area contributed by atoms with Crippen molar-refractivity contribution in [3.63, 3.8) is 0 Å².